The molecular weight excluding hydrogens is 401 g/mol. The number of aryl methyl sites for hydroxylation is 2. The number of anilines is 3. The largest absolute Gasteiger partial charge is 0.458 e. The van der Waals surface area contributed by atoms with E-state index in [-0.39, 0.29) is 12.1 Å². The van der Waals surface area contributed by atoms with E-state index in [4.69, 9.17) is 4.74 Å². The second kappa shape index (κ2) is 7.02. The third-order valence-electron chi connectivity index (χ3n) is 7.02. The van der Waals surface area contributed by atoms with Crippen molar-refractivity contribution in [2.24, 2.45) is 0 Å². The molecule has 4 aromatic rings. The molecule has 0 radical (unpaired) electrons. The molecule has 162 valence electrons. The normalized spacial score (nSPS) is 13.7. The van der Waals surface area contributed by atoms with Crippen molar-refractivity contribution in [1.29, 1.82) is 0 Å². The van der Waals surface area contributed by atoms with E-state index in [9.17, 15) is 0 Å². The van der Waals surface area contributed by atoms with Crippen LogP contribution in [0.1, 0.15) is 37.5 Å². The van der Waals surface area contributed by atoms with Gasteiger partial charge >= 0.3 is 0 Å². The molecule has 2 aliphatic rings. The molecule has 0 aromatic heterocycles. The van der Waals surface area contributed by atoms with E-state index >= 15 is 0 Å². The van der Waals surface area contributed by atoms with Crippen LogP contribution in [0.3, 0.4) is 0 Å². The standard InChI is InChI=1S/C30H28BNO/c1-19-15-20(2)28-24(16-19)32(22-11-7-6-8-12-22)25-17-21(30(3,4)5)18-27-29(25)31(28)23-13-9-10-14-26(23)33-27/h6-18H,1-5H3. The number of hydrogen-bond donors (Lipinski definition) is 0. The van der Waals surface area contributed by atoms with Crippen LogP contribution < -0.4 is 26.0 Å². The number of ether oxygens (including phenoxy) is 1. The zero-order chi connectivity index (χ0) is 22.9. The minimum absolute atomic E-state index is 0.00646. The van der Waals surface area contributed by atoms with Gasteiger partial charge in [0.25, 0.3) is 6.71 Å². The molecule has 0 atom stereocenters. The first kappa shape index (κ1) is 20.2. The Morgan fingerprint density at radius 3 is 2.18 bits per heavy atom. The van der Waals surface area contributed by atoms with E-state index in [1.165, 1.54) is 50.1 Å². The van der Waals surface area contributed by atoms with Crippen molar-refractivity contribution in [3.63, 3.8) is 0 Å². The Kier molecular flexibility index (Phi) is 4.29. The number of fused-ring (bicyclic) bond motifs is 4. The molecule has 0 saturated carbocycles. The van der Waals surface area contributed by atoms with E-state index in [2.05, 4.69) is 118 Å². The predicted molar refractivity (Wildman–Crippen MR) is 140 cm³/mol. The Morgan fingerprint density at radius 2 is 1.42 bits per heavy atom. The molecule has 6 rings (SSSR count). The van der Waals surface area contributed by atoms with E-state index in [0.717, 1.165) is 11.5 Å². The summed E-state index contributed by atoms with van der Waals surface area (Å²) in [5, 5.41) is 0. The van der Waals surface area contributed by atoms with Crippen molar-refractivity contribution >= 4 is 40.2 Å². The second-order valence-electron chi connectivity index (χ2n) is 10.4. The highest BCUT2D eigenvalue weighted by atomic mass is 16.5. The zero-order valence-corrected chi connectivity index (χ0v) is 19.9. The van der Waals surface area contributed by atoms with E-state index < -0.39 is 0 Å². The minimum atomic E-state index is 0.00646. The highest BCUT2D eigenvalue weighted by molar-refractivity contribution is 6.99. The molecule has 33 heavy (non-hydrogen) atoms. The van der Waals surface area contributed by atoms with Crippen molar-refractivity contribution in [3.05, 3.63) is 95.6 Å². The lowest BCUT2D eigenvalue weighted by atomic mass is 9.33. The van der Waals surface area contributed by atoms with Crippen molar-refractivity contribution < 1.29 is 4.74 Å². The van der Waals surface area contributed by atoms with Gasteiger partial charge in [-0.3, -0.25) is 0 Å². The number of para-hydroxylation sites is 2. The van der Waals surface area contributed by atoms with Gasteiger partial charge in [0.05, 0.1) is 0 Å². The molecule has 0 spiro atoms. The summed E-state index contributed by atoms with van der Waals surface area (Å²) in [6.45, 7) is 11.4. The third-order valence-corrected chi connectivity index (χ3v) is 7.02. The Labute approximate surface area is 196 Å². The molecule has 0 saturated heterocycles. The van der Waals surface area contributed by atoms with Gasteiger partial charge in [0.1, 0.15) is 11.5 Å². The molecule has 2 heterocycles. The van der Waals surface area contributed by atoms with Crippen LogP contribution in [0.25, 0.3) is 0 Å². The number of nitrogens with zero attached hydrogens (tertiary/aromatic N) is 1. The summed E-state index contributed by atoms with van der Waals surface area (Å²) in [7, 11) is 0. The van der Waals surface area contributed by atoms with Gasteiger partial charge in [-0.2, -0.15) is 0 Å². The van der Waals surface area contributed by atoms with Gasteiger partial charge in [-0.25, -0.2) is 0 Å². The van der Waals surface area contributed by atoms with Crippen LogP contribution in [0, 0.1) is 13.8 Å². The molecule has 0 unspecified atom stereocenters. The van der Waals surface area contributed by atoms with Crippen LogP contribution in [-0.2, 0) is 5.41 Å². The molecule has 0 fully saturated rings. The predicted octanol–water partition coefficient (Wildman–Crippen LogP) is 6.01. The van der Waals surface area contributed by atoms with Gasteiger partial charge in [0.15, 0.2) is 0 Å². The van der Waals surface area contributed by atoms with Crippen LogP contribution in [0.5, 0.6) is 11.5 Å². The van der Waals surface area contributed by atoms with Crippen molar-refractivity contribution in [1.82, 2.24) is 0 Å². The summed E-state index contributed by atoms with van der Waals surface area (Å²) in [6.07, 6.45) is 0. The summed E-state index contributed by atoms with van der Waals surface area (Å²) >= 11 is 0. The van der Waals surface area contributed by atoms with Gasteiger partial charge in [0, 0.05) is 17.1 Å². The molecule has 3 heteroatoms. The molecule has 0 aliphatic carbocycles. The molecular formula is C30H28BNO. The molecule has 0 amide bonds. The van der Waals surface area contributed by atoms with Crippen LogP contribution in [0.15, 0.2) is 78.9 Å². The SMILES string of the molecule is Cc1cc(C)c2c(c1)N(c1ccccc1)c1cc(C(C)(C)C)cc3c1B2c1ccccc1O3. The average molecular weight is 429 g/mol. The van der Waals surface area contributed by atoms with Crippen LogP contribution >= 0.6 is 0 Å². The Bertz CT molecular complexity index is 1400. The summed E-state index contributed by atoms with van der Waals surface area (Å²) < 4.78 is 6.60. The first-order valence-electron chi connectivity index (χ1n) is 11.7. The molecule has 0 N–H and O–H groups in total. The van der Waals surface area contributed by atoms with Gasteiger partial charge in [0.2, 0.25) is 0 Å². The van der Waals surface area contributed by atoms with Crippen LogP contribution in [-0.4, -0.2) is 6.71 Å². The lowest BCUT2D eigenvalue weighted by molar-refractivity contribution is 0.483. The molecule has 2 nitrogen and oxygen atoms in total. The third kappa shape index (κ3) is 3.02. The molecule has 4 aromatic carbocycles. The van der Waals surface area contributed by atoms with Crippen molar-refractivity contribution in [2.45, 2.75) is 40.0 Å². The van der Waals surface area contributed by atoms with Crippen molar-refractivity contribution in [3.8, 4) is 11.5 Å². The lowest BCUT2D eigenvalue weighted by Gasteiger charge is -2.42. The zero-order valence-electron chi connectivity index (χ0n) is 19.9. The minimum Gasteiger partial charge on any atom is -0.458 e. The van der Waals surface area contributed by atoms with E-state index in [0.29, 0.717) is 0 Å². The summed E-state index contributed by atoms with van der Waals surface area (Å²) in [6, 6.07) is 28.6. The number of hydrogen-bond acceptors (Lipinski definition) is 2. The summed E-state index contributed by atoms with van der Waals surface area (Å²) in [5.74, 6) is 1.94. The van der Waals surface area contributed by atoms with Gasteiger partial charge in [-0.05, 0) is 83.2 Å². The average Bonchev–Trinajstić information content (AvgIpc) is 2.78. The topological polar surface area (TPSA) is 12.5 Å². The monoisotopic (exact) mass is 429 g/mol. The van der Waals surface area contributed by atoms with E-state index in [1.807, 2.05) is 0 Å². The Balaban J connectivity index is 1.76. The number of benzene rings is 4. The summed E-state index contributed by atoms with van der Waals surface area (Å²) in [5.41, 5.74) is 11.4. The maximum atomic E-state index is 6.60. The first-order chi connectivity index (χ1) is 15.8. The fraction of sp³-hybridized carbons (Fsp3) is 0.200. The highest BCUT2D eigenvalue weighted by Gasteiger charge is 2.43. The molecule has 0 bridgehead atoms. The highest BCUT2D eigenvalue weighted by Crippen LogP contribution is 2.43. The fourth-order valence-corrected chi connectivity index (χ4v) is 5.49. The number of rotatable bonds is 1. The van der Waals surface area contributed by atoms with Crippen LogP contribution in [0.2, 0.25) is 0 Å². The maximum absolute atomic E-state index is 6.60. The summed E-state index contributed by atoms with van der Waals surface area (Å²) in [4.78, 5) is 2.44. The van der Waals surface area contributed by atoms with Gasteiger partial charge in [-0.15, -0.1) is 0 Å². The lowest BCUT2D eigenvalue weighted by Crippen LogP contribution is -2.60. The van der Waals surface area contributed by atoms with E-state index in [1.54, 1.807) is 0 Å². The fourth-order valence-electron chi connectivity index (χ4n) is 5.49. The first-order valence-corrected chi connectivity index (χ1v) is 11.7. The van der Waals surface area contributed by atoms with Crippen molar-refractivity contribution in [2.75, 3.05) is 4.90 Å². The Hall–Kier alpha value is -3.46. The second-order valence-corrected chi connectivity index (χ2v) is 10.4. The van der Waals surface area contributed by atoms with Gasteiger partial charge in [-0.1, -0.05) is 68.8 Å². The molecule has 2 aliphatic heterocycles. The van der Waals surface area contributed by atoms with Gasteiger partial charge < -0.3 is 9.64 Å². The Morgan fingerprint density at radius 1 is 0.727 bits per heavy atom. The van der Waals surface area contributed by atoms with Crippen LogP contribution in [0.4, 0.5) is 17.1 Å². The smallest absolute Gasteiger partial charge is 0.256 e. The maximum Gasteiger partial charge on any atom is 0.256 e. The quantitative estimate of drug-likeness (QED) is 0.297.